The number of nitrogens with two attached hydrogens (primary N) is 1. The second-order valence-corrected chi connectivity index (χ2v) is 6.16. The zero-order chi connectivity index (χ0) is 16.6. The van der Waals surface area contributed by atoms with Crippen LogP contribution in [0.1, 0.15) is 26.3 Å². The van der Waals surface area contributed by atoms with Gasteiger partial charge in [-0.05, 0) is 30.3 Å². The molecule has 0 atom stereocenters. The van der Waals surface area contributed by atoms with Gasteiger partial charge in [0.2, 0.25) is 5.91 Å². The Morgan fingerprint density at radius 3 is 2.70 bits per heavy atom. The highest BCUT2D eigenvalue weighted by Gasteiger charge is 2.22. The second-order valence-electron chi connectivity index (χ2n) is 4.72. The summed E-state index contributed by atoms with van der Waals surface area (Å²) in [5.74, 6) is -1.03. The molecular formula is C16H11ClN2O3S. The van der Waals surface area contributed by atoms with Crippen LogP contribution in [0.25, 0.3) is 0 Å². The molecule has 0 saturated carbocycles. The number of carbonyl (C=O) groups excluding carboxylic acids is 2. The lowest BCUT2D eigenvalue weighted by Gasteiger charge is -2.08. The van der Waals surface area contributed by atoms with Crippen molar-refractivity contribution in [1.82, 2.24) is 0 Å². The van der Waals surface area contributed by atoms with Gasteiger partial charge in [-0.1, -0.05) is 29.4 Å². The molecule has 0 unspecified atom stereocenters. The maximum atomic E-state index is 11.7. The van der Waals surface area contributed by atoms with E-state index in [9.17, 15) is 9.59 Å². The molecule has 0 fully saturated rings. The molecule has 0 spiro atoms. The molecule has 1 aliphatic rings. The molecule has 1 heterocycles. The van der Waals surface area contributed by atoms with E-state index in [0.717, 1.165) is 9.79 Å². The number of ether oxygens (including phenoxy) is 1. The van der Waals surface area contributed by atoms with E-state index in [1.165, 1.54) is 18.9 Å². The van der Waals surface area contributed by atoms with Gasteiger partial charge in [0.15, 0.2) is 0 Å². The van der Waals surface area contributed by atoms with Gasteiger partial charge in [-0.3, -0.25) is 4.79 Å². The zero-order valence-corrected chi connectivity index (χ0v) is 13.6. The van der Waals surface area contributed by atoms with E-state index in [4.69, 9.17) is 22.1 Å². The molecular weight excluding hydrogens is 336 g/mol. The van der Waals surface area contributed by atoms with Crippen LogP contribution in [0.3, 0.4) is 0 Å². The monoisotopic (exact) mass is 346 g/mol. The molecule has 0 radical (unpaired) electrons. The number of carbonyl (C=O) groups is 2. The predicted molar refractivity (Wildman–Crippen MR) is 88.9 cm³/mol. The van der Waals surface area contributed by atoms with Crippen molar-refractivity contribution >= 4 is 46.1 Å². The molecule has 116 valence electrons. The van der Waals surface area contributed by atoms with E-state index < -0.39 is 11.9 Å². The Kier molecular flexibility index (Phi) is 4.11. The van der Waals surface area contributed by atoms with Crippen LogP contribution in [0.2, 0.25) is 0 Å². The average molecular weight is 347 g/mol. The molecule has 5 nitrogen and oxygen atoms in total. The zero-order valence-electron chi connectivity index (χ0n) is 12.0. The van der Waals surface area contributed by atoms with E-state index >= 15 is 0 Å². The highest BCUT2D eigenvalue weighted by molar-refractivity contribution is 7.99. The Hall–Kier alpha value is -2.31. The fourth-order valence-corrected chi connectivity index (χ4v) is 3.64. The van der Waals surface area contributed by atoms with Crippen molar-refractivity contribution < 1.29 is 14.3 Å². The van der Waals surface area contributed by atoms with E-state index in [1.54, 1.807) is 30.3 Å². The number of halogens is 1. The molecule has 7 heteroatoms. The van der Waals surface area contributed by atoms with Gasteiger partial charge in [0.25, 0.3) is 0 Å². The SMILES string of the molecule is COC(=O)c1ccc2c(c1)N=C(Cl)c1c(cccc1C(N)=O)S2. The number of primary amides is 1. The van der Waals surface area contributed by atoms with Crippen molar-refractivity contribution in [3.8, 4) is 0 Å². The lowest BCUT2D eigenvalue weighted by atomic mass is 10.1. The first-order chi connectivity index (χ1) is 11.0. The lowest BCUT2D eigenvalue weighted by Crippen LogP contribution is -2.15. The summed E-state index contributed by atoms with van der Waals surface area (Å²) >= 11 is 7.71. The van der Waals surface area contributed by atoms with Gasteiger partial charge in [0, 0.05) is 15.4 Å². The molecule has 2 N–H and O–H groups in total. The number of benzene rings is 2. The number of aliphatic imine (C=N–C) groups is 1. The quantitative estimate of drug-likeness (QED) is 0.845. The van der Waals surface area contributed by atoms with Crippen LogP contribution in [0.15, 0.2) is 51.2 Å². The largest absolute Gasteiger partial charge is 0.465 e. The summed E-state index contributed by atoms with van der Waals surface area (Å²) in [5.41, 5.74) is 7.14. The third-order valence-electron chi connectivity index (χ3n) is 3.32. The van der Waals surface area contributed by atoms with Crippen LogP contribution < -0.4 is 5.73 Å². The molecule has 0 saturated heterocycles. The minimum absolute atomic E-state index is 0.155. The van der Waals surface area contributed by atoms with Gasteiger partial charge in [-0.2, -0.15) is 0 Å². The summed E-state index contributed by atoms with van der Waals surface area (Å²) in [4.78, 5) is 29.2. The van der Waals surface area contributed by atoms with Crippen LogP contribution in [-0.2, 0) is 4.74 Å². The molecule has 2 aromatic rings. The minimum atomic E-state index is -0.572. The number of rotatable bonds is 2. The number of amides is 1. The van der Waals surface area contributed by atoms with E-state index in [1.807, 2.05) is 6.07 Å². The summed E-state index contributed by atoms with van der Waals surface area (Å²) in [5, 5.41) is 0.155. The Labute approximate surface area is 141 Å². The molecule has 1 aliphatic heterocycles. The van der Waals surface area contributed by atoms with E-state index in [2.05, 4.69) is 4.99 Å². The standard InChI is InChI=1S/C16H11ClN2O3S/c1-22-16(21)8-5-6-11-10(7-8)19-14(17)13-9(15(18)20)3-2-4-12(13)23-11/h2-7H,1H3,(H2,18,20). The fraction of sp³-hybridized carbons (Fsp3) is 0.0625. The van der Waals surface area contributed by atoms with Gasteiger partial charge < -0.3 is 10.5 Å². The van der Waals surface area contributed by atoms with E-state index in [-0.39, 0.29) is 5.17 Å². The Morgan fingerprint density at radius 1 is 1.22 bits per heavy atom. The summed E-state index contributed by atoms with van der Waals surface area (Å²) in [7, 11) is 1.31. The highest BCUT2D eigenvalue weighted by atomic mass is 35.5. The maximum Gasteiger partial charge on any atom is 0.337 e. The summed E-state index contributed by atoms with van der Waals surface area (Å²) in [6.07, 6.45) is 0. The molecule has 2 aromatic carbocycles. The summed E-state index contributed by atoms with van der Waals surface area (Å²) in [6.45, 7) is 0. The van der Waals surface area contributed by atoms with Gasteiger partial charge in [0.1, 0.15) is 5.17 Å². The van der Waals surface area contributed by atoms with Crippen molar-refractivity contribution in [3.05, 3.63) is 53.1 Å². The molecule has 0 aliphatic carbocycles. The first kappa shape index (κ1) is 15.6. The van der Waals surface area contributed by atoms with Gasteiger partial charge >= 0.3 is 5.97 Å². The number of hydrogen-bond donors (Lipinski definition) is 1. The smallest absolute Gasteiger partial charge is 0.337 e. The fourth-order valence-electron chi connectivity index (χ4n) is 2.25. The van der Waals surface area contributed by atoms with Crippen LogP contribution >= 0.6 is 23.4 Å². The van der Waals surface area contributed by atoms with E-state index in [0.29, 0.717) is 22.4 Å². The van der Waals surface area contributed by atoms with Crippen LogP contribution in [0.4, 0.5) is 5.69 Å². The summed E-state index contributed by atoms with van der Waals surface area (Å²) in [6, 6.07) is 10.2. The number of esters is 1. The van der Waals surface area contributed by atoms with Gasteiger partial charge in [0.05, 0.1) is 23.9 Å². The number of nitrogens with zero attached hydrogens (tertiary/aromatic N) is 1. The molecule has 0 bridgehead atoms. The van der Waals surface area contributed by atoms with Crippen LogP contribution in [-0.4, -0.2) is 24.2 Å². The molecule has 0 aromatic heterocycles. The Bertz CT molecular complexity index is 864. The predicted octanol–water partition coefficient (Wildman–Crippen LogP) is 3.35. The normalized spacial score (nSPS) is 12.5. The molecule has 23 heavy (non-hydrogen) atoms. The first-order valence-electron chi connectivity index (χ1n) is 6.59. The third-order valence-corrected chi connectivity index (χ3v) is 4.72. The van der Waals surface area contributed by atoms with Crippen LogP contribution in [0, 0.1) is 0 Å². The van der Waals surface area contributed by atoms with Crippen molar-refractivity contribution in [2.75, 3.05) is 7.11 Å². The first-order valence-corrected chi connectivity index (χ1v) is 7.78. The average Bonchev–Trinajstić information content (AvgIpc) is 2.68. The van der Waals surface area contributed by atoms with Crippen molar-refractivity contribution in [3.63, 3.8) is 0 Å². The topological polar surface area (TPSA) is 81.8 Å². The third kappa shape index (κ3) is 2.83. The number of fused-ring (bicyclic) bond motifs is 2. The minimum Gasteiger partial charge on any atom is -0.465 e. The Balaban J connectivity index is 2.18. The highest BCUT2D eigenvalue weighted by Crippen LogP contribution is 2.42. The molecule has 3 rings (SSSR count). The second kappa shape index (κ2) is 6.06. The number of methoxy groups -OCH3 is 1. The molecule has 1 amide bonds. The number of hydrogen-bond acceptors (Lipinski definition) is 5. The van der Waals surface area contributed by atoms with Crippen molar-refractivity contribution in [2.24, 2.45) is 10.7 Å². The van der Waals surface area contributed by atoms with Gasteiger partial charge in [-0.25, -0.2) is 9.79 Å². The van der Waals surface area contributed by atoms with Crippen molar-refractivity contribution in [1.29, 1.82) is 0 Å². The Morgan fingerprint density at radius 2 is 2.00 bits per heavy atom. The van der Waals surface area contributed by atoms with Gasteiger partial charge in [-0.15, -0.1) is 0 Å². The lowest BCUT2D eigenvalue weighted by molar-refractivity contribution is 0.0600. The van der Waals surface area contributed by atoms with Crippen LogP contribution in [0.5, 0.6) is 0 Å². The van der Waals surface area contributed by atoms with Crippen molar-refractivity contribution in [2.45, 2.75) is 9.79 Å². The summed E-state index contributed by atoms with van der Waals surface area (Å²) < 4.78 is 4.71. The maximum absolute atomic E-state index is 11.7.